The number of carbonyl (C=O) groups is 3. The van der Waals surface area contributed by atoms with Crippen molar-refractivity contribution in [2.75, 3.05) is 13.6 Å². The number of nitro benzene ring substituents is 1. The van der Waals surface area contributed by atoms with Crippen LogP contribution in [0.1, 0.15) is 38.7 Å². The predicted octanol–water partition coefficient (Wildman–Crippen LogP) is 4.47. The van der Waals surface area contributed by atoms with E-state index in [1.165, 1.54) is 25.2 Å². The van der Waals surface area contributed by atoms with E-state index in [1.54, 1.807) is 36.4 Å². The fourth-order valence-electron chi connectivity index (χ4n) is 4.66. The Kier molecular flexibility index (Phi) is 15.4. The van der Waals surface area contributed by atoms with E-state index < -0.39 is 44.1 Å². The topological polar surface area (TPSA) is 177 Å². The fourth-order valence-corrected chi connectivity index (χ4v) is 8.39. The van der Waals surface area contributed by atoms with Gasteiger partial charge in [0.1, 0.15) is 12.1 Å². The number of nitrogens with one attached hydrogen (secondary N) is 4. The van der Waals surface area contributed by atoms with E-state index in [0.717, 1.165) is 27.2 Å². The first kappa shape index (κ1) is 38.5. The van der Waals surface area contributed by atoms with E-state index in [1.807, 2.05) is 44.2 Å². The smallest absolute Gasteiger partial charge is 0.283 e. The van der Waals surface area contributed by atoms with E-state index in [9.17, 15) is 32.9 Å². The highest BCUT2D eigenvalue weighted by molar-refractivity contribution is 8.77. The average molecular weight is 716 g/mol. The Morgan fingerprint density at radius 1 is 0.833 bits per heavy atom. The summed E-state index contributed by atoms with van der Waals surface area (Å²) in [6, 6.07) is 21.5. The zero-order chi connectivity index (χ0) is 35.1. The second-order valence-corrected chi connectivity index (χ2v) is 15.5. The summed E-state index contributed by atoms with van der Waals surface area (Å²) in [5.41, 5.74) is 0.739. The number of nitrogens with zero attached hydrogens (tertiary/aromatic N) is 1. The van der Waals surface area contributed by atoms with Crippen LogP contribution in [-0.4, -0.2) is 62.0 Å². The normalized spacial score (nSPS) is 13.2. The summed E-state index contributed by atoms with van der Waals surface area (Å²) in [6.07, 6.45) is 1.01. The second kappa shape index (κ2) is 19.2. The van der Waals surface area contributed by atoms with Crippen LogP contribution >= 0.6 is 21.6 Å². The molecule has 15 heteroatoms. The van der Waals surface area contributed by atoms with Crippen molar-refractivity contribution < 1.29 is 27.7 Å². The van der Waals surface area contributed by atoms with E-state index >= 15 is 0 Å². The molecule has 4 N–H and O–H groups in total. The molecular formula is C33H41N5O7S3. The van der Waals surface area contributed by atoms with Gasteiger partial charge in [0, 0.05) is 26.1 Å². The molecule has 0 bridgehead atoms. The van der Waals surface area contributed by atoms with E-state index in [-0.39, 0.29) is 54.6 Å². The molecule has 0 saturated carbocycles. The Morgan fingerprint density at radius 3 is 2.06 bits per heavy atom. The Labute approximate surface area is 289 Å². The summed E-state index contributed by atoms with van der Waals surface area (Å²) in [5, 5.41) is 19.0. The molecule has 3 aromatic rings. The van der Waals surface area contributed by atoms with Gasteiger partial charge >= 0.3 is 0 Å². The summed E-state index contributed by atoms with van der Waals surface area (Å²) in [6.45, 7) is 3.85. The zero-order valence-electron chi connectivity index (χ0n) is 27.0. The lowest BCUT2D eigenvalue weighted by atomic mass is 10.0. The molecule has 0 aromatic heterocycles. The summed E-state index contributed by atoms with van der Waals surface area (Å²) in [5.74, 6) is -1.38. The van der Waals surface area contributed by atoms with Crippen LogP contribution in [0.2, 0.25) is 0 Å². The number of rotatable bonds is 19. The minimum Gasteiger partial charge on any atom is -0.357 e. The summed E-state index contributed by atoms with van der Waals surface area (Å²) in [7, 11) is -0.122. The van der Waals surface area contributed by atoms with Gasteiger partial charge in [0.15, 0.2) is 0 Å². The lowest BCUT2D eigenvalue weighted by molar-refractivity contribution is -0.387. The predicted molar refractivity (Wildman–Crippen MR) is 189 cm³/mol. The first-order valence-electron chi connectivity index (χ1n) is 15.4. The Balaban J connectivity index is 1.76. The number of amides is 3. The van der Waals surface area contributed by atoms with Gasteiger partial charge in [0.05, 0.1) is 20.0 Å². The number of hydrogen-bond acceptors (Lipinski definition) is 9. The van der Waals surface area contributed by atoms with Crippen molar-refractivity contribution >= 4 is 55.0 Å². The van der Waals surface area contributed by atoms with Crippen molar-refractivity contribution in [1.82, 2.24) is 20.7 Å². The van der Waals surface area contributed by atoms with Gasteiger partial charge in [-0.15, -0.1) is 0 Å². The zero-order valence-corrected chi connectivity index (χ0v) is 29.4. The molecule has 0 aliphatic heterocycles. The summed E-state index contributed by atoms with van der Waals surface area (Å²) >= 11 is 0. The largest absolute Gasteiger partial charge is 0.357 e. The maximum atomic E-state index is 13.8. The molecule has 3 rings (SSSR count). The molecule has 0 radical (unpaired) electrons. The molecular weight excluding hydrogens is 675 g/mol. The highest BCUT2D eigenvalue weighted by Gasteiger charge is 2.30. The number of sulfonamides is 1. The monoisotopic (exact) mass is 715 g/mol. The van der Waals surface area contributed by atoms with Gasteiger partial charge in [0.25, 0.3) is 5.69 Å². The molecule has 48 heavy (non-hydrogen) atoms. The van der Waals surface area contributed by atoms with Crippen LogP contribution in [-0.2, 0) is 30.8 Å². The van der Waals surface area contributed by atoms with Crippen molar-refractivity contribution in [2.45, 2.75) is 66.7 Å². The third kappa shape index (κ3) is 12.3. The van der Waals surface area contributed by atoms with Crippen molar-refractivity contribution in [2.24, 2.45) is 5.92 Å². The van der Waals surface area contributed by atoms with Crippen LogP contribution in [0.5, 0.6) is 0 Å². The third-order valence-electron chi connectivity index (χ3n) is 7.10. The number of hydrogen-bond donors (Lipinski definition) is 4. The lowest BCUT2D eigenvalue weighted by Gasteiger charge is -2.25. The van der Waals surface area contributed by atoms with Crippen LogP contribution in [0.4, 0.5) is 5.69 Å². The molecule has 0 spiro atoms. The molecule has 0 saturated heterocycles. The fraction of sp³-hybridized carbons (Fsp3) is 0.364. The van der Waals surface area contributed by atoms with Crippen LogP contribution in [0.3, 0.4) is 0 Å². The first-order chi connectivity index (χ1) is 22.9. The maximum absolute atomic E-state index is 13.8. The van der Waals surface area contributed by atoms with Crippen molar-refractivity contribution in [3.63, 3.8) is 0 Å². The highest BCUT2D eigenvalue weighted by atomic mass is 33.1. The molecule has 12 nitrogen and oxygen atoms in total. The molecule has 0 heterocycles. The Morgan fingerprint density at radius 2 is 1.44 bits per heavy atom. The Hall–Kier alpha value is -3.92. The summed E-state index contributed by atoms with van der Waals surface area (Å²) < 4.78 is 27.9. The molecule has 258 valence electrons. The van der Waals surface area contributed by atoms with Gasteiger partial charge in [0.2, 0.25) is 27.7 Å². The number of benzene rings is 3. The van der Waals surface area contributed by atoms with Crippen LogP contribution in [0, 0.1) is 16.0 Å². The lowest BCUT2D eigenvalue weighted by Crippen LogP contribution is -2.55. The van der Waals surface area contributed by atoms with Gasteiger partial charge in [-0.2, -0.15) is 0 Å². The minimum absolute atomic E-state index is 0.00784. The van der Waals surface area contributed by atoms with Crippen molar-refractivity contribution in [1.29, 1.82) is 0 Å². The summed E-state index contributed by atoms with van der Waals surface area (Å²) in [4.78, 5) is 51.6. The van der Waals surface area contributed by atoms with Crippen LogP contribution in [0.25, 0.3) is 0 Å². The van der Waals surface area contributed by atoms with Gasteiger partial charge in [-0.25, -0.2) is 13.1 Å². The van der Waals surface area contributed by atoms with Gasteiger partial charge in [-0.1, -0.05) is 85.3 Å². The standard InChI is InChI=1S/C33H41N5O7S3/c1-23(2)21-26(32(40)36-27(31(39)34-3)22-24-13-6-4-7-14-24)37-33(41)30(47-46-29-18-11-10-17-28(29)38(42)43)19-12-20-35-48(44,45)25-15-8-5-9-16-25/h4-11,13-18,23,26-27,30,35H,12,19-22H2,1-3H3,(H,34,39)(H,36,40)(H,37,41)/t26?,27-,30?/m0/s1. The average Bonchev–Trinajstić information content (AvgIpc) is 3.07. The number of likely N-dealkylation sites (N-methyl/N-ethyl adjacent to an activating group) is 1. The van der Waals surface area contributed by atoms with E-state index in [4.69, 9.17) is 0 Å². The third-order valence-corrected chi connectivity index (χ3v) is 11.4. The van der Waals surface area contributed by atoms with E-state index in [0.29, 0.717) is 4.90 Å². The number of carbonyl (C=O) groups excluding carboxylic acids is 3. The molecule has 3 atom stereocenters. The van der Waals surface area contributed by atoms with Gasteiger partial charge in [-0.05, 0) is 59.7 Å². The van der Waals surface area contributed by atoms with Crippen molar-refractivity contribution in [3.8, 4) is 0 Å². The molecule has 2 unspecified atom stereocenters. The molecule has 3 aromatic carbocycles. The number of para-hydroxylation sites is 1. The molecule has 3 amide bonds. The number of nitro groups is 1. The van der Waals surface area contributed by atoms with E-state index in [2.05, 4.69) is 20.7 Å². The SMILES string of the molecule is CNC(=O)[C@H](Cc1ccccc1)NC(=O)C(CC(C)C)NC(=O)C(CCCNS(=O)(=O)c1ccccc1)SSc1ccccc1[N+](=O)[O-]. The molecule has 0 aliphatic rings. The van der Waals surface area contributed by atoms with Gasteiger partial charge in [-0.3, -0.25) is 24.5 Å². The van der Waals surface area contributed by atoms with Crippen LogP contribution < -0.4 is 20.7 Å². The van der Waals surface area contributed by atoms with Crippen molar-refractivity contribution in [3.05, 3.63) is 101 Å². The Bertz CT molecular complexity index is 1630. The first-order valence-corrected chi connectivity index (χ1v) is 19.1. The highest BCUT2D eigenvalue weighted by Crippen LogP contribution is 2.40. The maximum Gasteiger partial charge on any atom is 0.283 e. The molecule has 0 fully saturated rings. The molecule has 0 aliphatic carbocycles. The minimum atomic E-state index is -3.76. The van der Waals surface area contributed by atoms with Gasteiger partial charge < -0.3 is 16.0 Å². The van der Waals surface area contributed by atoms with Crippen LogP contribution in [0.15, 0.2) is 94.7 Å². The quantitative estimate of drug-likeness (QED) is 0.0604. The second-order valence-electron chi connectivity index (χ2n) is 11.3.